The Morgan fingerprint density at radius 3 is 2.48 bits per heavy atom. The molecule has 7 heteroatoms. The Morgan fingerprint density at radius 1 is 1.09 bits per heavy atom. The SMILES string of the molecule is Cl.NC(=O)COc1ccc(Cl)cc1CNCc1ccccc1Cl. The molecule has 1 amide bonds. The average Bonchev–Trinajstić information content (AvgIpc) is 2.48. The lowest BCUT2D eigenvalue weighted by molar-refractivity contribution is -0.119. The van der Waals surface area contributed by atoms with Gasteiger partial charge in [-0.3, -0.25) is 4.79 Å². The van der Waals surface area contributed by atoms with Crippen LogP contribution in [0.5, 0.6) is 5.75 Å². The highest BCUT2D eigenvalue weighted by atomic mass is 35.5. The van der Waals surface area contributed by atoms with Gasteiger partial charge in [-0.1, -0.05) is 41.4 Å². The first-order chi connectivity index (χ1) is 10.6. The van der Waals surface area contributed by atoms with E-state index >= 15 is 0 Å². The van der Waals surface area contributed by atoms with Gasteiger partial charge in [-0.2, -0.15) is 0 Å². The quantitative estimate of drug-likeness (QED) is 0.777. The number of amides is 1. The molecule has 2 aromatic rings. The van der Waals surface area contributed by atoms with Crippen molar-refractivity contribution in [2.24, 2.45) is 5.73 Å². The zero-order valence-corrected chi connectivity index (χ0v) is 14.5. The zero-order chi connectivity index (χ0) is 15.9. The van der Waals surface area contributed by atoms with Crippen LogP contribution in [-0.4, -0.2) is 12.5 Å². The third kappa shape index (κ3) is 6.28. The number of ether oxygens (including phenoxy) is 1. The smallest absolute Gasteiger partial charge is 0.255 e. The van der Waals surface area contributed by atoms with Gasteiger partial charge in [0.2, 0.25) is 0 Å². The maximum absolute atomic E-state index is 10.8. The van der Waals surface area contributed by atoms with E-state index in [-0.39, 0.29) is 19.0 Å². The van der Waals surface area contributed by atoms with Crippen molar-refractivity contribution in [3.8, 4) is 5.75 Å². The third-order valence-electron chi connectivity index (χ3n) is 2.98. The van der Waals surface area contributed by atoms with Crippen LogP contribution >= 0.6 is 35.6 Å². The molecule has 0 aliphatic carbocycles. The number of carbonyl (C=O) groups is 1. The van der Waals surface area contributed by atoms with Crippen LogP contribution in [0.15, 0.2) is 42.5 Å². The van der Waals surface area contributed by atoms with Crippen molar-refractivity contribution in [3.63, 3.8) is 0 Å². The molecule has 3 N–H and O–H groups in total. The molecule has 4 nitrogen and oxygen atoms in total. The number of nitrogens with one attached hydrogen (secondary N) is 1. The largest absolute Gasteiger partial charge is 0.483 e. The number of primary amides is 1. The molecule has 23 heavy (non-hydrogen) atoms. The summed E-state index contributed by atoms with van der Waals surface area (Å²) in [4.78, 5) is 10.8. The van der Waals surface area contributed by atoms with E-state index in [2.05, 4.69) is 5.32 Å². The third-order valence-corrected chi connectivity index (χ3v) is 3.59. The van der Waals surface area contributed by atoms with Gasteiger partial charge >= 0.3 is 0 Å². The van der Waals surface area contributed by atoms with Crippen LogP contribution in [-0.2, 0) is 17.9 Å². The summed E-state index contributed by atoms with van der Waals surface area (Å²) < 4.78 is 5.38. The fraction of sp³-hybridized carbons (Fsp3) is 0.188. The number of hydrogen-bond acceptors (Lipinski definition) is 3. The first kappa shape index (κ1) is 19.6. The van der Waals surface area contributed by atoms with E-state index in [0.29, 0.717) is 28.9 Å². The van der Waals surface area contributed by atoms with Crippen molar-refractivity contribution in [2.45, 2.75) is 13.1 Å². The Morgan fingerprint density at radius 2 is 1.78 bits per heavy atom. The molecule has 0 aliphatic heterocycles. The maximum Gasteiger partial charge on any atom is 0.255 e. The van der Waals surface area contributed by atoms with E-state index in [1.807, 2.05) is 24.3 Å². The lowest BCUT2D eigenvalue weighted by Gasteiger charge is -2.12. The van der Waals surface area contributed by atoms with Gasteiger partial charge in [-0.05, 0) is 29.8 Å². The summed E-state index contributed by atoms with van der Waals surface area (Å²) in [5.74, 6) is 0.0554. The minimum atomic E-state index is -0.523. The molecule has 124 valence electrons. The van der Waals surface area contributed by atoms with E-state index in [4.69, 9.17) is 33.7 Å². The van der Waals surface area contributed by atoms with Gasteiger partial charge in [0.1, 0.15) is 5.75 Å². The molecule has 0 unspecified atom stereocenters. The standard InChI is InChI=1S/C16H16Cl2N2O2.ClH/c17-13-5-6-15(22-10-16(19)21)12(7-13)9-20-8-11-3-1-2-4-14(11)18;/h1-7,20H,8-10H2,(H2,19,21);1H. The van der Waals surface area contributed by atoms with Crippen LogP contribution in [0.3, 0.4) is 0 Å². The summed E-state index contributed by atoms with van der Waals surface area (Å²) in [5.41, 5.74) is 6.95. The van der Waals surface area contributed by atoms with E-state index in [9.17, 15) is 4.79 Å². The number of rotatable bonds is 7. The van der Waals surface area contributed by atoms with E-state index in [1.165, 1.54) is 0 Å². The topological polar surface area (TPSA) is 64.4 Å². The fourth-order valence-electron chi connectivity index (χ4n) is 1.95. The Hall–Kier alpha value is -1.46. The first-order valence-corrected chi connectivity index (χ1v) is 7.45. The normalized spacial score (nSPS) is 10.0. The second kappa shape index (κ2) is 9.63. The van der Waals surface area contributed by atoms with Gasteiger partial charge < -0.3 is 15.8 Å². The molecule has 0 spiro atoms. The van der Waals surface area contributed by atoms with Crippen LogP contribution in [0.4, 0.5) is 0 Å². The lowest BCUT2D eigenvalue weighted by atomic mass is 10.2. The van der Waals surface area contributed by atoms with Crippen LogP contribution in [0.2, 0.25) is 10.0 Å². The van der Waals surface area contributed by atoms with Crippen LogP contribution in [0.25, 0.3) is 0 Å². The molecule has 0 aliphatic rings. The molecular formula is C16H17Cl3N2O2. The minimum absolute atomic E-state index is 0. The van der Waals surface area contributed by atoms with Gasteiger partial charge in [0, 0.05) is 28.7 Å². The Kier molecular flexibility index (Phi) is 8.20. The van der Waals surface area contributed by atoms with E-state index in [0.717, 1.165) is 11.1 Å². The maximum atomic E-state index is 10.8. The van der Waals surface area contributed by atoms with Crippen molar-refractivity contribution >= 4 is 41.5 Å². The lowest BCUT2D eigenvalue weighted by Crippen LogP contribution is -2.21. The Labute approximate surface area is 151 Å². The highest BCUT2D eigenvalue weighted by Crippen LogP contribution is 2.23. The van der Waals surface area contributed by atoms with Gasteiger partial charge in [-0.25, -0.2) is 0 Å². The zero-order valence-electron chi connectivity index (χ0n) is 12.2. The number of benzene rings is 2. The molecule has 2 rings (SSSR count). The Bertz CT molecular complexity index is 666. The second-order valence-corrected chi connectivity index (χ2v) is 5.55. The van der Waals surface area contributed by atoms with Crippen molar-refractivity contribution in [2.75, 3.05) is 6.61 Å². The van der Waals surface area contributed by atoms with Crippen molar-refractivity contribution in [3.05, 3.63) is 63.6 Å². The average molecular weight is 376 g/mol. The molecular weight excluding hydrogens is 359 g/mol. The fourth-order valence-corrected chi connectivity index (χ4v) is 2.35. The van der Waals surface area contributed by atoms with Gasteiger partial charge in [0.05, 0.1) is 0 Å². The summed E-state index contributed by atoms with van der Waals surface area (Å²) in [7, 11) is 0. The molecule has 0 aromatic heterocycles. The van der Waals surface area contributed by atoms with E-state index in [1.54, 1.807) is 18.2 Å². The summed E-state index contributed by atoms with van der Waals surface area (Å²) >= 11 is 12.1. The second-order valence-electron chi connectivity index (χ2n) is 4.70. The molecule has 0 atom stereocenters. The molecule has 0 radical (unpaired) electrons. The van der Waals surface area contributed by atoms with Crippen molar-refractivity contribution in [1.29, 1.82) is 0 Å². The van der Waals surface area contributed by atoms with Gasteiger partial charge in [0.25, 0.3) is 5.91 Å². The van der Waals surface area contributed by atoms with Crippen molar-refractivity contribution in [1.82, 2.24) is 5.32 Å². The summed E-state index contributed by atoms with van der Waals surface area (Å²) in [6.45, 7) is 0.973. The number of halogens is 3. The highest BCUT2D eigenvalue weighted by Gasteiger charge is 2.07. The molecule has 0 heterocycles. The highest BCUT2D eigenvalue weighted by molar-refractivity contribution is 6.31. The summed E-state index contributed by atoms with van der Waals surface area (Å²) in [6.07, 6.45) is 0. The van der Waals surface area contributed by atoms with Gasteiger partial charge in [-0.15, -0.1) is 12.4 Å². The monoisotopic (exact) mass is 374 g/mol. The molecule has 0 saturated carbocycles. The minimum Gasteiger partial charge on any atom is -0.483 e. The predicted octanol–water partition coefficient (Wildman–Crippen LogP) is 3.57. The first-order valence-electron chi connectivity index (χ1n) is 6.70. The molecule has 0 saturated heterocycles. The predicted molar refractivity (Wildman–Crippen MR) is 95.4 cm³/mol. The van der Waals surface area contributed by atoms with Crippen molar-refractivity contribution < 1.29 is 9.53 Å². The van der Waals surface area contributed by atoms with Crippen LogP contribution in [0, 0.1) is 0 Å². The molecule has 2 aromatic carbocycles. The number of nitrogens with two attached hydrogens (primary N) is 1. The van der Waals surface area contributed by atoms with E-state index < -0.39 is 5.91 Å². The molecule has 0 bridgehead atoms. The molecule has 0 fully saturated rings. The number of hydrogen-bond donors (Lipinski definition) is 2. The van der Waals surface area contributed by atoms with Crippen LogP contribution < -0.4 is 15.8 Å². The Balaban J connectivity index is 0.00000264. The number of carbonyl (C=O) groups excluding carboxylic acids is 1. The van der Waals surface area contributed by atoms with Crippen LogP contribution in [0.1, 0.15) is 11.1 Å². The summed E-state index contributed by atoms with van der Waals surface area (Å²) in [6, 6.07) is 12.8. The summed E-state index contributed by atoms with van der Waals surface area (Å²) in [5, 5.41) is 4.59. The van der Waals surface area contributed by atoms with Gasteiger partial charge in [0.15, 0.2) is 6.61 Å².